The second kappa shape index (κ2) is 31.8. The molecule has 3 aromatic rings. The summed E-state index contributed by atoms with van der Waals surface area (Å²) in [5.74, 6) is -7.52. The first-order valence-electron chi connectivity index (χ1n) is 26.8. The van der Waals surface area contributed by atoms with Crippen molar-refractivity contribution in [3.8, 4) is 0 Å². The number of fused-ring (bicyclic) bond motifs is 2. The average Bonchev–Trinajstić information content (AvgIpc) is 3.39. The van der Waals surface area contributed by atoms with Crippen molar-refractivity contribution < 1.29 is 47.9 Å². The highest BCUT2D eigenvalue weighted by atomic mass is 16.2. The molecule has 0 unspecified atom stereocenters. The van der Waals surface area contributed by atoms with Crippen LogP contribution in [-0.2, 0) is 54.4 Å². The van der Waals surface area contributed by atoms with Gasteiger partial charge in [0.15, 0.2) is 0 Å². The Bertz CT molecular complexity index is 2540. The van der Waals surface area contributed by atoms with Crippen LogP contribution in [0.2, 0.25) is 0 Å². The molecule has 77 heavy (non-hydrogen) atoms. The first kappa shape index (κ1) is 64.1. The normalized spacial score (nSPS) is 15.5. The van der Waals surface area contributed by atoms with Crippen molar-refractivity contribution in [3.63, 3.8) is 0 Å². The van der Waals surface area contributed by atoms with Crippen LogP contribution in [0, 0.1) is 11.8 Å². The predicted octanol–water partition coefficient (Wildman–Crippen LogP) is 0.834. The van der Waals surface area contributed by atoms with Gasteiger partial charge in [-0.05, 0) is 130 Å². The standard InChI is InChI=1S/C55H84N12O10/c1-10-30(3)45(66-50(72)33(6)59-36(9)68)55(77)62-35(8)48(70)63-42(20-14-16-24-56)51(73)61-34(7)49(71)65-44(27-37-22-23-40-28-38-18-12-13-19-39(38)29-41(40)26-37)53(75)64-43(21-15-17-25-57)52(74)67-46(31(4)11-2)54(76)60-32(5)47(58)69/h12-13,18-19,22-23,26,28-35,42-46H,10-11,14-17,20-21,24-25,27,56-57H2,1-9H3,(H2,58,69)(H,59,68)(H,60,76)(H,61,73)(H,62,77)(H,63,70)(H,64,75)(H,65,71)(H,66,72)(H,67,74)/t30-,31-,32-,33-,34-,35-,42-,43-,44-,45-,46-/m0/s1. The zero-order valence-corrected chi connectivity index (χ0v) is 46.1. The molecule has 0 saturated heterocycles. The minimum Gasteiger partial charge on any atom is -0.368 e. The van der Waals surface area contributed by atoms with Gasteiger partial charge in [0.05, 0.1) is 0 Å². The Morgan fingerprint density at radius 2 is 0.818 bits per heavy atom. The van der Waals surface area contributed by atoms with Gasteiger partial charge in [0.2, 0.25) is 59.1 Å². The number of primary amides is 1. The third-order valence-electron chi connectivity index (χ3n) is 13.7. The molecule has 0 aliphatic heterocycles. The van der Waals surface area contributed by atoms with Crippen molar-refractivity contribution in [2.45, 2.75) is 174 Å². The fourth-order valence-electron chi connectivity index (χ4n) is 8.38. The van der Waals surface area contributed by atoms with Crippen molar-refractivity contribution in [1.29, 1.82) is 0 Å². The number of carbonyl (C=O) groups is 10. The van der Waals surface area contributed by atoms with Gasteiger partial charge in [-0.3, -0.25) is 47.9 Å². The molecule has 0 heterocycles. The van der Waals surface area contributed by atoms with Crippen molar-refractivity contribution in [3.05, 3.63) is 60.2 Å². The van der Waals surface area contributed by atoms with E-state index in [4.69, 9.17) is 17.2 Å². The summed E-state index contributed by atoms with van der Waals surface area (Å²) in [5.41, 5.74) is 17.6. The van der Waals surface area contributed by atoms with Gasteiger partial charge < -0.3 is 65.1 Å². The number of unbranched alkanes of at least 4 members (excludes halogenated alkanes) is 2. The molecule has 22 nitrogen and oxygen atoms in total. The molecule has 3 aromatic carbocycles. The van der Waals surface area contributed by atoms with Crippen LogP contribution in [0.3, 0.4) is 0 Å². The summed E-state index contributed by atoms with van der Waals surface area (Å²) in [6.45, 7) is 14.7. The van der Waals surface area contributed by atoms with Crippen LogP contribution in [0.5, 0.6) is 0 Å². The van der Waals surface area contributed by atoms with E-state index in [1.165, 1.54) is 34.6 Å². The highest BCUT2D eigenvalue weighted by Crippen LogP contribution is 2.24. The summed E-state index contributed by atoms with van der Waals surface area (Å²) in [5, 5.41) is 27.8. The molecule has 15 N–H and O–H groups in total. The van der Waals surface area contributed by atoms with E-state index in [9.17, 15) is 47.9 Å². The minimum absolute atomic E-state index is 0.0572. The smallest absolute Gasteiger partial charge is 0.243 e. The summed E-state index contributed by atoms with van der Waals surface area (Å²) in [7, 11) is 0. The van der Waals surface area contributed by atoms with Crippen LogP contribution < -0.4 is 65.1 Å². The van der Waals surface area contributed by atoms with Crippen molar-refractivity contribution in [2.75, 3.05) is 13.1 Å². The minimum atomic E-state index is -1.32. The summed E-state index contributed by atoms with van der Waals surface area (Å²) < 4.78 is 0. The van der Waals surface area contributed by atoms with Crippen molar-refractivity contribution in [1.82, 2.24) is 47.9 Å². The molecular weight excluding hydrogens is 989 g/mol. The Balaban J connectivity index is 1.92. The van der Waals surface area contributed by atoms with E-state index >= 15 is 0 Å². The van der Waals surface area contributed by atoms with Gasteiger partial charge in [-0.25, -0.2) is 0 Å². The SMILES string of the molecule is CC[C@H](C)[C@H](NC(=O)[C@H](C)NC(C)=O)C(=O)N[C@@H](C)C(=O)N[C@@H](CCCCN)C(=O)N[C@@H](C)C(=O)N[C@@H](Cc1ccc2cc3ccccc3cc2c1)C(=O)N[C@@H](CCCCN)C(=O)N[C@H](C(=O)N[C@@H](C)C(N)=O)[C@@H](C)CC. The molecule has 0 aromatic heterocycles. The lowest BCUT2D eigenvalue weighted by atomic mass is 9.96. The Morgan fingerprint density at radius 3 is 1.30 bits per heavy atom. The number of carbonyl (C=O) groups excluding carboxylic acids is 10. The third-order valence-corrected chi connectivity index (χ3v) is 13.7. The number of hydrogen-bond acceptors (Lipinski definition) is 12. The molecule has 0 radical (unpaired) electrons. The molecule has 0 bridgehead atoms. The van der Waals surface area contributed by atoms with Crippen LogP contribution >= 0.6 is 0 Å². The van der Waals surface area contributed by atoms with Crippen LogP contribution in [0.15, 0.2) is 54.6 Å². The maximum Gasteiger partial charge on any atom is 0.243 e. The van der Waals surface area contributed by atoms with Gasteiger partial charge in [0, 0.05) is 13.3 Å². The maximum absolute atomic E-state index is 14.6. The van der Waals surface area contributed by atoms with E-state index in [2.05, 4.69) is 47.9 Å². The van der Waals surface area contributed by atoms with E-state index < -0.39 is 119 Å². The Kier molecular flexibility index (Phi) is 26.4. The number of nitrogens with two attached hydrogens (primary N) is 3. The highest BCUT2D eigenvalue weighted by Gasteiger charge is 2.35. The topological polar surface area (TPSA) is 357 Å². The van der Waals surface area contributed by atoms with E-state index in [0.29, 0.717) is 57.2 Å². The highest BCUT2D eigenvalue weighted by molar-refractivity contribution is 6.00. The molecule has 0 spiro atoms. The number of benzene rings is 3. The fourth-order valence-corrected chi connectivity index (χ4v) is 8.38. The fraction of sp³-hybridized carbons (Fsp3) is 0.564. The van der Waals surface area contributed by atoms with E-state index in [-0.39, 0.29) is 25.2 Å². The summed E-state index contributed by atoms with van der Waals surface area (Å²) in [6, 6.07) is 7.24. The number of amides is 10. The second-order valence-corrected chi connectivity index (χ2v) is 20.1. The van der Waals surface area contributed by atoms with Gasteiger partial charge in [0.25, 0.3) is 0 Å². The van der Waals surface area contributed by atoms with Crippen molar-refractivity contribution in [2.24, 2.45) is 29.0 Å². The summed E-state index contributed by atoms with van der Waals surface area (Å²) >= 11 is 0. The number of nitrogens with one attached hydrogen (secondary N) is 9. The summed E-state index contributed by atoms with van der Waals surface area (Å²) in [6.07, 6.45) is 2.96. The second-order valence-electron chi connectivity index (χ2n) is 20.1. The van der Waals surface area contributed by atoms with Gasteiger partial charge in [-0.15, -0.1) is 0 Å². The van der Waals surface area contributed by atoms with Crippen LogP contribution in [0.25, 0.3) is 21.5 Å². The maximum atomic E-state index is 14.6. The molecule has 0 aliphatic rings. The Hall–Kier alpha value is -7.20. The Labute approximate surface area is 451 Å². The van der Waals surface area contributed by atoms with Gasteiger partial charge in [-0.1, -0.05) is 83.0 Å². The van der Waals surface area contributed by atoms with Crippen molar-refractivity contribution >= 4 is 80.6 Å². The lowest BCUT2D eigenvalue weighted by molar-refractivity contribution is -0.136. The molecule has 424 valence electrons. The monoisotopic (exact) mass is 1070 g/mol. The molecule has 3 rings (SSSR count). The molecule has 0 saturated carbocycles. The zero-order valence-electron chi connectivity index (χ0n) is 46.1. The van der Waals surface area contributed by atoms with Gasteiger partial charge in [0.1, 0.15) is 54.4 Å². The lowest BCUT2D eigenvalue weighted by Crippen LogP contribution is -2.60. The van der Waals surface area contributed by atoms with E-state index in [1.807, 2.05) is 68.4 Å². The first-order chi connectivity index (χ1) is 36.4. The van der Waals surface area contributed by atoms with Crippen LogP contribution in [0.1, 0.15) is 119 Å². The van der Waals surface area contributed by atoms with E-state index in [1.54, 1.807) is 13.8 Å². The predicted molar refractivity (Wildman–Crippen MR) is 295 cm³/mol. The number of rotatable bonds is 32. The molecular formula is C55H84N12O10. The molecule has 0 fully saturated rings. The first-order valence-corrected chi connectivity index (χ1v) is 26.8. The molecule has 10 amide bonds. The largest absolute Gasteiger partial charge is 0.368 e. The zero-order chi connectivity index (χ0) is 57.5. The lowest BCUT2D eigenvalue weighted by Gasteiger charge is -2.29. The van der Waals surface area contributed by atoms with Crippen LogP contribution in [-0.4, -0.2) is 127 Å². The van der Waals surface area contributed by atoms with Crippen LogP contribution in [0.4, 0.5) is 0 Å². The molecule has 11 atom stereocenters. The Morgan fingerprint density at radius 1 is 0.429 bits per heavy atom. The van der Waals surface area contributed by atoms with Gasteiger partial charge >= 0.3 is 0 Å². The quantitative estimate of drug-likeness (QED) is 0.0306. The summed E-state index contributed by atoms with van der Waals surface area (Å²) in [4.78, 5) is 134. The average molecular weight is 1070 g/mol. The van der Waals surface area contributed by atoms with Gasteiger partial charge in [-0.2, -0.15) is 0 Å². The number of hydrogen-bond donors (Lipinski definition) is 12. The molecule has 0 aliphatic carbocycles. The molecule has 22 heteroatoms. The third kappa shape index (κ3) is 20.4. The van der Waals surface area contributed by atoms with E-state index in [0.717, 1.165) is 21.5 Å².